The van der Waals surface area contributed by atoms with Crippen LogP contribution in [-0.2, 0) is 6.42 Å². The van der Waals surface area contributed by atoms with E-state index in [0.717, 1.165) is 16.6 Å². The van der Waals surface area contributed by atoms with Gasteiger partial charge in [-0.05, 0) is 66.8 Å². The van der Waals surface area contributed by atoms with Crippen LogP contribution in [0.25, 0.3) is 0 Å². The highest BCUT2D eigenvalue weighted by atomic mass is 79.9. The van der Waals surface area contributed by atoms with Crippen molar-refractivity contribution >= 4 is 21.6 Å². The van der Waals surface area contributed by atoms with Gasteiger partial charge in [-0.3, -0.25) is 0 Å². The summed E-state index contributed by atoms with van der Waals surface area (Å²) in [6, 6.07) is 15.2. The fraction of sp³-hybridized carbons (Fsp3) is 0.294. The molecule has 0 bridgehead atoms. The van der Waals surface area contributed by atoms with Crippen LogP contribution in [0.2, 0.25) is 0 Å². The van der Waals surface area contributed by atoms with Crippen molar-refractivity contribution in [2.45, 2.75) is 25.3 Å². The van der Waals surface area contributed by atoms with Crippen LogP contribution in [0.3, 0.4) is 0 Å². The molecule has 20 heavy (non-hydrogen) atoms. The molecule has 2 nitrogen and oxygen atoms in total. The van der Waals surface area contributed by atoms with Gasteiger partial charge in [-0.15, -0.1) is 0 Å². The van der Waals surface area contributed by atoms with Crippen LogP contribution in [0.5, 0.6) is 5.75 Å². The Morgan fingerprint density at radius 2 is 1.95 bits per heavy atom. The van der Waals surface area contributed by atoms with E-state index in [2.05, 4.69) is 63.7 Å². The number of halogens is 1. The highest BCUT2D eigenvalue weighted by molar-refractivity contribution is 9.10. The van der Waals surface area contributed by atoms with Crippen molar-refractivity contribution in [2.24, 2.45) is 0 Å². The SMILES string of the molecule is COc1ccc2c(c1)CCCC2Nc1ccc(Br)cc1. The molecule has 104 valence electrons. The highest BCUT2D eigenvalue weighted by Crippen LogP contribution is 2.34. The zero-order valence-electron chi connectivity index (χ0n) is 11.5. The summed E-state index contributed by atoms with van der Waals surface area (Å²) in [6.07, 6.45) is 3.54. The van der Waals surface area contributed by atoms with Crippen molar-refractivity contribution in [1.82, 2.24) is 0 Å². The number of rotatable bonds is 3. The lowest BCUT2D eigenvalue weighted by Crippen LogP contribution is -2.17. The summed E-state index contributed by atoms with van der Waals surface area (Å²) in [5, 5.41) is 3.64. The molecule has 2 aromatic rings. The third-order valence-electron chi connectivity index (χ3n) is 3.85. The lowest BCUT2D eigenvalue weighted by molar-refractivity contribution is 0.413. The monoisotopic (exact) mass is 331 g/mol. The molecule has 1 aliphatic rings. The van der Waals surface area contributed by atoms with E-state index >= 15 is 0 Å². The smallest absolute Gasteiger partial charge is 0.119 e. The first-order valence-corrected chi connectivity index (χ1v) is 7.74. The van der Waals surface area contributed by atoms with Gasteiger partial charge >= 0.3 is 0 Å². The Labute approximate surface area is 128 Å². The molecule has 3 rings (SSSR count). The molecule has 3 heteroatoms. The largest absolute Gasteiger partial charge is 0.497 e. The lowest BCUT2D eigenvalue weighted by atomic mass is 9.87. The summed E-state index contributed by atoms with van der Waals surface area (Å²) >= 11 is 3.47. The molecule has 1 atom stereocenters. The van der Waals surface area contributed by atoms with Gasteiger partial charge < -0.3 is 10.1 Å². The number of nitrogens with one attached hydrogen (secondary N) is 1. The maximum Gasteiger partial charge on any atom is 0.119 e. The number of hydrogen-bond donors (Lipinski definition) is 1. The van der Waals surface area contributed by atoms with Crippen LogP contribution in [0.15, 0.2) is 46.9 Å². The fourth-order valence-corrected chi connectivity index (χ4v) is 3.08. The van der Waals surface area contributed by atoms with E-state index in [1.165, 1.54) is 29.7 Å². The van der Waals surface area contributed by atoms with E-state index in [4.69, 9.17) is 4.74 Å². The van der Waals surface area contributed by atoms with E-state index in [1.807, 2.05) is 0 Å². The minimum atomic E-state index is 0.394. The van der Waals surface area contributed by atoms with Crippen LogP contribution in [0, 0.1) is 0 Å². The van der Waals surface area contributed by atoms with Crippen molar-refractivity contribution in [3.05, 3.63) is 58.1 Å². The van der Waals surface area contributed by atoms with Gasteiger partial charge in [-0.1, -0.05) is 22.0 Å². The van der Waals surface area contributed by atoms with Gasteiger partial charge in [0, 0.05) is 10.2 Å². The minimum absolute atomic E-state index is 0.394. The van der Waals surface area contributed by atoms with Crippen LogP contribution in [0.4, 0.5) is 5.69 Å². The van der Waals surface area contributed by atoms with Gasteiger partial charge in [-0.2, -0.15) is 0 Å². The van der Waals surface area contributed by atoms with Gasteiger partial charge in [0.25, 0.3) is 0 Å². The molecular formula is C17H18BrNO. The van der Waals surface area contributed by atoms with E-state index in [0.29, 0.717) is 6.04 Å². The Hall–Kier alpha value is -1.48. The first-order chi connectivity index (χ1) is 9.76. The van der Waals surface area contributed by atoms with Crippen molar-refractivity contribution in [2.75, 3.05) is 12.4 Å². The first-order valence-electron chi connectivity index (χ1n) is 6.95. The van der Waals surface area contributed by atoms with Crippen LogP contribution >= 0.6 is 15.9 Å². The van der Waals surface area contributed by atoms with E-state index in [1.54, 1.807) is 7.11 Å². The molecule has 0 amide bonds. The zero-order chi connectivity index (χ0) is 13.9. The number of methoxy groups -OCH3 is 1. The number of aryl methyl sites for hydroxylation is 1. The topological polar surface area (TPSA) is 21.3 Å². The van der Waals surface area contributed by atoms with E-state index in [9.17, 15) is 0 Å². The summed E-state index contributed by atoms with van der Waals surface area (Å²) in [4.78, 5) is 0. The van der Waals surface area contributed by atoms with Crippen LogP contribution in [-0.4, -0.2) is 7.11 Å². The summed E-state index contributed by atoms with van der Waals surface area (Å²) in [7, 11) is 1.72. The molecule has 0 fully saturated rings. The van der Waals surface area contributed by atoms with Gasteiger partial charge in [0.1, 0.15) is 5.75 Å². The second-order valence-electron chi connectivity index (χ2n) is 5.16. The average Bonchev–Trinajstić information content (AvgIpc) is 2.49. The molecule has 1 aliphatic carbocycles. The summed E-state index contributed by atoms with van der Waals surface area (Å²) in [5.74, 6) is 0.952. The van der Waals surface area contributed by atoms with Crippen LogP contribution < -0.4 is 10.1 Å². The first kappa shape index (κ1) is 13.5. The Kier molecular flexibility index (Phi) is 3.97. The molecular weight excluding hydrogens is 314 g/mol. The van der Waals surface area contributed by atoms with Gasteiger partial charge in [0.2, 0.25) is 0 Å². The molecule has 0 aliphatic heterocycles. The Bertz CT molecular complexity index is 594. The summed E-state index contributed by atoms with van der Waals surface area (Å²) < 4.78 is 6.43. The number of ether oxygens (including phenoxy) is 1. The fourth-order valence-electron chi connectivity index (χ4n) is 2.81. The highest BCUT2D eigenvalue weighted by Gasteiger charge is 2.20. The molecule has 1 N–H and O–H groups in total. The second kappa shape index (κ2) is 5.88. The molecule has 0 saturated carbocycles. The maximum absolute atomic E-state index is 5.32. The third-order valence-corrected chi connectivity index (χ3v) is 4.38. The normalized spacial score (nSPS) is 17.4. The Morgan fingerprint density at radius 1 is 1.15 bits per heavy atom. The number of anilines is 1. The predicted octanol–water partition coefficient (Wildman–Crippen LogP) is 4.95. The van der Waals surface area contributed by atoms with Crippen molar-refractivity contribution in [1.29, 1.82) is 0 Å². The molecule has 0 saturated heterocycles. The summed E-state index contributed by atoms with van der Waals surface area (Å²) in [5.41, 5.74) is 3.98. The molecule has 0 aromatic heterocycles. The zero-order valence-corrected chi connectivity index (χ0v) is 13.1. The summed E-state index contributed by atoms with van der Waals surface area (Å²) in [6.45, 7) is 0. The Balaban J connectivity index is 1.84. The second-order valence-corrected chi connectivity index (χ2v) is 6.08. The Morgan fingerprint density at radius 3 is 2.70 bits per heavy atom. The molecule has 0 spiro atoms. The van der Waals surface area contributed by atoms with Crippen molar-refractivity contribution in [3.8, 4) is 5.75 Å². The van der Waals surface area contributed by atoms with E-state index in [-0.39, 0.29) is 0 Å². The maximum atomic E-state index is 5.32. The van der Waals surface area contributed by atoms with Crippen molar-refractivity contribution in [3.63, 3.8) is 0 Å². The lowest BCUT2D eigenvalue weighted by Gasteiger charge is -2.27. The quantitative estimate of drug-likeness (QED) is 0.859. The minimum Gasteiger partial charge on any atom is -0.497 e. The number of hydrogen-bond acceptors (Lipinski definition) is 2. The van der Waals surface area contributed by atoms with E-state index < -0.39 is 0 Å². The molecule has 2 aromatic carbocycles. The van der Waals surface area contributed by atoms with Gasteiger partial charge in [-0.25, -0.2) is 0 Å². The molecule has 0 radical (unpaired) electrons. The standard InChI is InChI=1S/C17H18BrNO/c1-20-15-9-10-16-12(11-15)3-2-4-17(16)19-14-7-5-13(18)6-8-14/h5-11,17,19H,2-4H2,1H3. The third kappa shape index (κ3) is 2.83. The van der Waals surface area contributed by atoms with Crippen LogP contribution in [0.1, 0.15) is 30.0 Å². The predicted molar refractivity (Wildman–Crippen MR) is 86.4 cm³/mol. The molecule has 1 unspecified atom stereocenters. The molecule has 0 heterocycles. The average molecular weight is 332 g/mol. The number of benzene rings is 2. The van der Waals surface area contributed by atoms with Gasteiger partial charge in [0.05, 0.1) is 13.2 Å². The van der Waals surface area contributed by atoms with Crippen molar-refractivity contribution < 1.29 is 4.74 Å². The van der Waals surface area contributed by atoms with Gasteiger partial charge in [0.15, 0.2) is 0 Å². The number of fused-ring (bicyclic) bond motifs is 1.